The summed E-state index contributed by atoms with van der Waals surface area (Å²) in [5.74, 6) is 0.0773. The number of hydrogen-bond acceptors (Lipinski definition) is 3. The highest BCUT2D eigenvalue weighted by Crippen LogP contribution is 2.39. The van der Waals surface area contributed by atoms with E-state index in [1.807, 2.05) is 12.1 Å². The number of aliphatic carboxylic acids is 1. The summed E-state index contributed by atoms with van der Waals surface area (Å²) in [7, 11) is 0. The van der Waals surface area contributed by atoms with E-state index in [2.05, 4.69) is 15.9 Å². The maximum absolute atomic E-state index is 10.8. The third kappa shape index (κ3) is 2.14. The first-order chi connectivity index (χ1) is 7.58. The van der Waals surface area contributed by atoms with E-state index >= 15 is 0 Å². The highest BCUT2D eigenvalue weighted by Gasteiger charge is 2.22. The van der Waals surface area contributed by atoms with Crippen molar-refractivity contribution in [3.8, 4) is 11.5 Å². The van der Waals surface area contributed by atoms with Crippen LogP contribution in [0.4, 0.5) is 0 Å². The normalized spacial score (nSPS) is 14.9. The molecule has 1 heterocycles. The van der Waals surface area contributed by atoms with Crippen molar-refractivity contribution in [3.05, 3.63) is 22.2 Å². The van der Waals surface area contributed by atoms with Crippen LogP contribution in [0.3, 0.4) is 0 Å². The molecule has 0 amide bonds. The zero-order valence-electron chi connectivity index (χ0n) is 8.70. The van der Waals surface area contributed by atoms with E-state index in [4.69, 9.17) is 14.6 Å². The van der Waals surface area contributed by atoms with E-state index in [-0.39, 0.29) is 6.79 Å². The molecule has 0 saturated carbocycles. The van der Waals surface area contributed by atoms with E-state index in [1.165, 1.54) is 0 Å². The second-order valence-electron chi connectivity index (χ2n) is 3.74. The minimum absolute atomic E-state index is 0.195. The summed E-state index contributed by atoms with van der Waals surface area (Å²) < 4.78 is 11.5. The lowest BCUT2D eigenvalue weighted by atomic mass is 10.0. The molecule has 2 rings (SSSR count). The van der Waals surface area contributed by atoms with Gasteiger partial charge in [0.25, 0.3) is 0 Å². The lowest BCUT2D eigenvalue weighted by Gasteiger charge is -2.09. The number of carbonyl (C=O) groups is 1. The highest BCUT2D eigenvalue weighted by molar-refractivity contribution is 9.10. The van der Waals surface area contributed by atoms with Crippen LogP contribution in [0.5, 0.6) is 11.5 Å². The Balaban J connectivity index is 2.30. The highest BCUT2D eigenvalue weighted by atomic mass is 79.9. The zero-order valence-corrected chi connectivity index (χ0v) is 10.3. The van der Waals surface area contributed by atoms with Gasteiger partial charge in [-0.25, -0.2) is 0 Å². The van der Waals surface area contributed by atoms with Crippen molar-refractivity contribution < 1.29 is 19.4 Å². The summed E-state index contributed by atoms with van der Waals surface area (Å²) >= 11 is 3.36. The van der Waals surface area contributed by atoms with Crippen LogP contribution in [0.1, 0.15) is 12.5 Å². The topological polar surface area (TPSA) is 55.8 Å². The van der Waals surface area contributed by atoms with Gasteiger partial charge in [0.15, 0.2) is 11.5 Å². The first-order valence-corrected chi connectivity index (χ1v) is 5.68. The summed E-state index contributed by atoms with van der Waals surface area (Å²) in [4.78, 5) is 10.8. The number of fused-ring (bicyclic) bond motifs is 1. The Hall–Kier alpha value is -1.23. The summed E-state index contributed by atoms with van der Waals surface area (Å²) in [5.41, 5.74) is 0.858. The average molecular weight is 287 g/mol. The van der Waals surface area contributed by atoms with Gasteiger partial charge in [-0.2, -0.15) is 0 Å². The van der Waals surface area contributed by atoms with Crippen molar-refractivity contribution in [2.45, 2.75) is 13.3 Å². The molecular weight excluding hydrogens is 276 g/mol. The Labute approximate surface area is 101 Å². The molecule has 4 nitrogen and oxygen atoms in total. The molecule has 1 aromatic carbocycles. The van der Waals surface area contributed by atoms with Gasteiger partial charge in [-0.1, -0.05) is 22.9 Å². The minimum atomic E-state index is -0.812. The molecule has 1 aromatic rings. The van der Waals surface area contributed by atoms with Gasteiger partial charge in [0.1, 0.15) is 0 Å². The third-order valence-corrected chi connectivity index (χ3v) is 2.92. The Kier molecular flexibility index (Phi) is 3.05. The van der Waals surface area contributed by atoms with Crippen molar-refractivity contribution in [1.29, 1.82) is 0 Å². The Bertz CT molecular complexity index is 430. The smallest absolute Gasteiger partial charge is 0.306 e. The van der Waals surface area contributed by atoms with Crippen LogP contribution in [0.15, 0.2) is 16.6 Å². The average Bonchev–Trinajstić information content (AvgIpc) is 2.65. The third-order valence-electron chi connectivity index (χ3n) is 2.46. The van der Waals surface area contributed by atoms with Gasteiger partial charge in [-0.05, 0) is 18.6 Å². The first-order valence-electron chi connectivity index (χ1n) is 4.88. The largest absolute Gasteiger partial charge is 0.481 e. The zero-order chi connectivity index (χ0) is 11.7. The van der Waals surface area contributed by atoms with Crippen molar-refractivity contribution in [2.24, 2.45) is 5.92 Å². The molecule has 0 bridgehead atoms. The predicted molar refractivity (Wildman–Crippen MR) is 60.8 cm³/mol. The van der Waals surface area contributed by atoms with Crippen LogP contribution in [-0.2, 0) is 11.2 Å². The number of rotatable bonds is 3. The van der Waals surface area contributed by atoms with Gasteiger partial charge in [0.2, 0.25) is 6.79 Å². The fourth-order valence-corrected chi connectivity index (χ4v) is 2.10. The van der Waals surface area contributed by atoms with Gasteiger partial charge >= 0.3 is 5.97 Å². The van der Waals surface area contributed by atoms with Gasteiger partial charge in [0, 0.05) is 10.0 Å². The van der Waals surface area contributed by atoms with E-state index in [9.17, 15) is 4.79 Å². The fraction of sp³-hybridized carbons (Fsp3) is 0.364. The minimum Gasteiger partial charge on any atom is -0.481 e. The molecule has 1 aliphatic heterocycles. The Morgan fingerprint density at radius 1 is 1.56 bits per heavy atom. The first kappa shape index (κ1) is 11.3. The maximum atomic E-state index is 10.8. The number of hydrogen-bond donors (Lipinski definition) is 1. The van der Waals surface area contributed by atoms with Crippen LogP contribution in [0, 0.1) is 5.92 Å². The summed E-state index contributed by atoms with van der Waals surface area (Å²) in [6, 6.07) is 3.68. The molecule has 0 aromatic heterocycles. The molecule has 0 radical (unpaired) electrons. The molecule has 0 aliphatic carbocycles. The van der Waals surface area contributed by atoms with E-state index in [0.717, 1.165) is 10.0 Å². The number of benzene rings is 1. The van der Waals surface area contributed by atoms with Crippen LogP contribution < -0.4 is 9.47 Å². The van der Waals surface area contributed by atoms with Crippen LogP contribution >= 0.6 is 15.9 Å². The Morgan fingerprint density at radius 2 is 2.31 bits per heavy atom. The van der Waals surface area contributed by atoms with E-state index < -0.39 is 11.9 Å². The van der Waals surface area contributed by atoms with Crippen LogP contribution in [0.25, 0.3) is 0 Å². The second kappa shape index (κ2) is 4.33. The summed E-state index contributed by atoms with van der Waals surface area (Å²) in [6.07, 6.45) is 0.431. The van der Waals surface area contributed by atoms with Crippen molar-refractivity contribution >= 4 is 21.9 Å². The summed E-state index contributed by atoms with van der Waals surface area (Å²) in [5, 5.41) is 8.88. The van der Waals surface area contributed by atoms with E-state index in [0.29, 0.717) is 17.9 Å². The quantitative estimate of drug-likeness (QED) is 0.927. The molecule has 0 saturated heterocycles. The summed E-state index contributed by atoms with van der Waals surface area (Å²) in [6.45, 7) is 1.87. The SMILES string of the molecule is CC(Cc1cc(Br)cc2c1OCO2)C(=O)O. The molecule has 1 unspecified atom stereocenters. The van der Waals surface area contributed by atoms with Crippen LogP contribution in [-0.4, -0.2) is 17.9 Å². The molecule has 0 fully saturated rings. The fourth-order valence-electron chi connectivity index (χ4n) is 1.61. The number of ether oxygens (including phenoxy) is 2. The standard InChI is InChI=1S/C11H11BrO4/c1-6(11(13)14)2-7-3-8(12)4-9-10(7)16-5-15-9/h3-4,6H,2,5H2,1H3,(H,13,14). The van der Waals surface area contributed by atoms with Crippen molar-refractivity contribution in [3.63, 3.8) is 0 Å². The van der Waals surface area contributed by atoms with Crippen molar-refractivity contribution in [1.82, 2.24) is 0 Å². The van der Waals surface area contributed by atoms with E-state index in [1.54, 1.807) is 6.92 Å². The lowest BCUT2D eigenvalue weighted by Crippen LogP contribution is -2.12. The molecule has 5 heteroatoms. The van der Waals surface area contributed by atoms with Gasteiger partial charge in [-0.15, -0.1) is 0 Å². The van der Waals surface area contributed by atoms with Gasteiger partial charge in [-0.3, -0.25) is 4.79 Å². The molecule has 1 atom stereocenters. The number of halogens is 1. The maximum Gasteiger partial charge on any atom is 0.306 e. The molecule has 86 valence electrons. The molecule has 1 aliphatic rings. The molecule has 0 spiro atoms. The van der Waals surface area contributed by atoms with Gasteiger partial charge < -0.3 is 14.6 Å². The number of carboxylic acid groups (broad SMARTS) is 1. The van der Waals surface area contributed by atoms with Crippen molar-refractivity contribution in [2.75, 3.05) is 6.79 Å². The molecule has 16 heavy (non-hydrogen) atoms. The lowest BCUT2D eigenvalue weighted by molar-refractivity contribution is -0.141. The second-order valence-corrected chi connectivity index (χ2v) is 4.66. The number of carboxylic acids is 1. The Morgan fingerprint density at radius 3 is 3.00 bits per heavy atom. The monoisotopic (exact) mass is 286 g/mol. The molecule has 1 N–H and O–H groups in total. The molecular formula is C11H11BrO4. The van der Waals surface area contributed by atoms with Gasteiger partial charge in [0.05, 0.1) is 5.92 Å². The predicted octanol–water partition coefficient (Wildman–Crippen LogP) is 2.44. The van der Waals surface area contributed by atoms with Crippen LogP contribution in [0.2, 0.25) is 0 Å².